The smallest absolute Gasteiger partial charge is 0.326 e. The van der Waals surface area contributed by atoms with Gasteiger partial charge in [0.25, 0.3) is 0 Å². The summed E-state index contributed by atoms with van der Waals surface area (Å²) >= 11 is 0. The number of carboxylic acid groups (broad SMARTS) is 1. The zero-order chi connectivity index (χ0) is 101. The van der Waals surface area contributed by atoms with Gasteiger partial charge in [-0.3, -0.25) is 82.3 Å². The standard InChI is InChI=1S/C87H134N30O18S2/c1-48(90)69(120)105-57(18-8-36-100-83(91)92)73(124)112-65(45-51-24-29-52-14-2-3-15-53(52)42-51)77(128)116-67-47-137-136-46-66(78(129)111-62(82(133)134)22-12-39-103-86(97)98)115-74(125)60(21-11-40-104-87(99)135)107-71(122)59(20-10-38-102-85(95)96)109-76(127)64(44-50-27-32-55(119)33-28-50)114-80(131)68-23-13-41-117(68)81(132)61(17-5-7-35-89)110-72(123)56(16-4-6-34-88)106-70(121)58(19-9-37-101-84(93)94)108-75(126)63(113-79(67)130)43-49-25-30-54(118)31-26-49/h2-3,14-15,24-33,42,48,56-68,118-119H,4-13,16-23,34-41,43-47,88-90H2,1H3,(H,105,120)(H,106,121)(H,107,122)(H,108,126)(H,109,127)(H,110,123)(H,111,129)(H,112,124)(H,113,130)(H,114,131)(H,115,125)(H,116,128)(H,133,134)(H4,91,92,100)(H4,93,94,101)(H4,95,96,102)(H4,97,98,103)(H3,99,104,135)/t48?,56-,57-,58-,59-,60-,61+,62-,63-,64-,65-,66-,67-,68-/m0/s1. The van der Waals surface area contributed by atoms with Gasteiger partial charge in [-0.05, 0) is 187 Å². The van der Waals surface area contributed by atoms with Gasteiger partial charge < -0.3 is 158 Å². The second-order valence-corrected chi connectivity index (χ2v) is 35.6. The molecule has 2 heterocycles. The van der Waals surface area contributed by atoms with Crippen molar-refractivity contribution in [3.8, 4) is 11.5 Å². The van der Waals surface area contributed by atoms with Crippen molar-refractivity contribution in [1.82, 2.24) is 74.0 Å². The van der Waals surface area contributed by atoms with E-state index in [1.54, 1.807) is 36.4 Å². The Morgan fingerprint density at radius 1 is 0.453 bits per heavy atom. The first kappa shape index (κ1) is 112. The average Bonchev–Trinajstić information content (AvgIpc) is 1.75. The number of rotatable bonds is 43. The molecule has 2 aliphatic rings. The number of fused-ring (bicyclic) bond motifs is 2. The van der Waals surface area contributed by atoms with Gasteiger partial charge >= 0.3 is 12.0 Å². The molecule has 2 fully saturated rings. The number of aromatic hydroxyl groups is 2. The number of unbranched alkanes of at least 4 members (excludes halogenated alkanes) is 2. The number of primary amides is 1. The first-order valence-corrected chi connectivity index (χ1v) is 47.7. The highest BCUT2D eigenvalue weighted by molar-refractivity contribution is 8.76. The van der Waals surface area contributed by atoms with E-state index in [1.807, 2.05) is 6.07 Å². The predicted octanol–water partition coefficient (Wildman–Crippen LogP) is -6.16. The van der Waals surface area contributed by atoms with Crippen LogP contribution in [0.1, 0.15) is 139 Å². The minimum atomic E-state index is -1.87. The van der Waals surface area contributed by atoms with Gasteiger partial charge in [0.05, 0.1) is 6.04 Å². The van der Waals surface area contributed by atoms with Crippen LogP contribution in [0.4, 0.5) is 4.79 Å². The second-order valence-electron chi connectivity index (χ2n) is 33.0. The van der Waals surface area contributed by atoms with Crippen LogP contribution in [-0.4, -0.2) is 281 Å². The van der Waals surface area contributed by atoms with E-state index in [1.165, 1.54) is 60.4 Å². The maximum atomic E-state index is 15.9. The molecule has 0 radical (unpaired) electrons. The minimum Gasteiger partial charge on any atom is -0.508 e. The Kier molecular flexibility index (Phi) is 48.4. The number of nitrogens with one attached hydrogen (secondary N) is 13. The molecule has 0 bridgehead atoms. The number of nitrogens with two attached hydrogens (primary N) is 12. The largest absolute Gasteiger partial charge is 0.508 e. The summed E-state index contributed by atoms with van der Waals surface area (Å²) in [6.45, 7) is 1.04. The van der Waals surface area contributed by atoms with E-state index >= 15 is 52.7 Å². The molecule has 137 heavy (non-hydrogen) atoms. The molecular formula is C87H134N30O18S2. The fourth-order valence-electron chi connectivity index (χ4n) is 14.7. The molecule has 48 nitrogen and oxygen atoms in total. The Labute approximate surface area is 800 Å². The Balaban J connectivity index is 1.61. The minimum absolute atomic E-state index is 0.00986. The van der Waals surface area contributed by atoms with Gasteiger partial charge in [0.1, 0.15) is 90.0 Å². The summed E-state index contributed by atoms with van der Waals surface area (Å²) in [4.78, 5) is 240. The van der Waals surface area contributed by atoms with Crippen LogP contribution in [0.15, 0.2) is 111 Å². The van der Waals surface area contributed by atoms with E-state index in [0.717, 1.165) is 27.0 Å². The van der Waals surface area contributed by atoms with Crippen molar-refractivity contribution in [3.63, 3.8) is 0 Å². The van der Waals surface area contributed by atoms with E-state index in [9.17, 15) is 34.5 Å². The van der Waals surface area contributed by atoms with E-state index in [-0.39, 0.29) is 209 Å². The van der Waals surface area contributed by atoms with Crippen LogP contribution >= 0.6 is 21.6 Å². The molecule has 0 aliphatic carbocycles. The molecule has 0 spiro atoms. The number of phenolic OH excluding ortho intramolecular Hbond substituents is 2. The first-order chi connectivity index (χ1) is 65.3. The molecular weight excluding hydrogens is 1820 g/mol. The lowest BCUT2D eigenvalue weighted by Gasteiger charge is -2.31. The van der Waals surface area contributed by atoms with Crippen molar-refractivity contribution in [2.75, 3.05) is 63.9 Å². The number of carbonyl (C=O) groups is 15. The summed E-state index contributed by atoms with van der Waals surface area (Å²) in [5.41, 5.74) is 69.8. The number of hydrogen-bond acceptors (Lipinski definition) is 26. The third-order valence-electron chi connectivity index (χ3n) is 22.0. The van der Waals surface area contributed by atoms with Gasteiger partial charge in [-0.1, -0.05) is 88.3 Å². The topological polar surface area (TPSA) is 838 Å². The lowest BCUT2D eigenvalue weighted by Crippen LogP contribution is -2.61. The molecule has 1 unspecified atom stereocenters. The van der Waals surface area contributed by atoms with Gasteiger partial charge in [-0.25, -0.2) is 9.59 Å². The molecule has 15 amide bonds. The highest BCUT2D eigenvalue weighted by atomic mass is 33.1. The summed E-state index contributed by atoms with van der Waals surface area (Å²) in [5.74, 6) is -17.2. The fourth-order valence-corrected chi connectivity index (χ4v) is 17.1. The monoisotopic (exact) mass is 1950 g/mol. The summed E-state index contributed by atoms with van der Waals surface area (Å²) in [5, 5.41) is 67.7. The number of hydrogen-bond donors (Lipinski definition) is 28. The maximum absolute atomic E-state index is 15.9. The van der Waals surface area contributed by atoms with Crippen molar-refractivity contribution < 1.29 is 87.2 Å². The first-order valence-electron chi connectivity index (χ1n) is 45.2. The van der Waals surface area contributed by atoms with Crippen LogP contribution in [0.5, 0.6) is 11.5 Å². The molecule has 6 rings (SSSR count). The van der Waals surface area contributed by atoms with Crippen molar-refractivity contribution in [2.45, 2.75) is 226 Å². The molecule has 0 aromatic heterocycles. The number of benzene rings is 4. The lowest BCUT2D eigenvalue weighted by molar-refractivity contribution is -0.142. The van der Waals surface area contributed by atoms with Crippen LogP contribution in [0.25, 0.3) is 10.8 Å². The van der Waals surface area contributed by atoms with Crippen LogP contribution in [-0.2, 0) is 86.4 Å². The third-order valence-corrected chi connectivity index (χ3v) is 24.4. The summed E-state index contributed by atoms with van der Waals surface area (Å²) in [6.07, 6.45) is -1.38. The highest BCUT2D eigenvalue weighted by Gasteiger charge is 2.42. The number of aliphatic imine (C=N–C) groups is 4. The molecule has 2 saturated heterocycles. The van der Waals surface area contributed by atoms with E-state index in [2.05, 4.69) is 89.1 Å². The molecule has 4 aromatic carbocycles. The Bertz CT molecular complexity index is 4830. The number of urea groups is 1. The summed E-state index contributed by atoms with van der Waals surface area (Å²) < 4.78 is 0. The summed E-state index contributed by atoms with van der Waals surface area (Å²) in [7, 11) is 1.51. The number of carboxylic acids is 1. The fraction of sp³-hybridized carbons (Fsp3) is 0.529. The number of aliphatic carboxylic acids is 1. The van der Waals surface area contributed by atoms with Crippen molar-refractivity contribution >= 4 is 145 Å². The molecule has 14 atom stereocenters. The Morgan fingerprint density at radius 2 is 0.876 bits per heavy atom. The number of phenols is 2. The average molecular weight is 1950 g/mol. The normalized spacial score (nSPS) is 20.6. The zero-order valence-electron chi connectivity index (χ0n) is 76.6. The number of amides is 15. The van der Waals surface area contributed by atoms with Gasteiger partial charge in [0.15, 0.2) is 23.8 Å². The van der Waals surface area contributed by atoms with Crippen molar-refractivity contribution in [3.05, 3.63) is 108 Å². The molecule has 0 saturated carbocycles. The maximum Gasteiger partial charge on any atom is 0.326 e. The third kappa shape index (κ3) is 40.8. The quantitative estimate of drug-likeness (QED) is 0.00849. The van der Waals surface area contributed by atoms with Gasteiger partial charge in [-0.2, -0.15) is 0 Å². The van der Waals surface area contributed by atoms with E-state index in [4.69, 9.17) is 68.8 Å². The van der Waals surface area contributed by atoms with Crippen LogP contribution in [0.2, 0.25) is 0 Å². The van der Waals surface area contributed by atoms with Crippen molar-refractivity contribution in [2.24, 2.45) is 88.8 Å². The van der Waals surface area contributed by atoms with Crippen LogP contribution in [0.3, 0.4) is 0 Å². The molecule has 50 heteroatoms. The molecule has 4 aromatic rings. The molecule has 40 N–H and O–H groups in total. The SMILES string of the molecule is CC(N)C(=O)N[C@@H](CCCN=C(N)N)C(=O)N[C@@H](Cc1ccc2ccccc2c1)C(=O)N[C@H]1CSSC[C@@H](C(=O)N[C@@H](CCCN=C(N)N)C(=O)O)NC(=O)[C@H](CCCNC(N)=O)NC(=O)[C@H](CCCN=C(N)N)NC(=O)[C@H](Cc2ccc(O)cc2)NC(=O)[C@@H]2CCCN2C(=O)[C@@H](CCCCN)NC(=O)[C@H](CCCCN)NC(=O)[C@H](CCCN=C(N)N)NC(=O)[C@H](Cc2ccc(O)cc2)NC1=O. The van der Waals surface area contributed by atoms with Gasteiger partial charge in [-0.15, -0.1) is 0 Å². The van der Waals surface area contributed by atoms with Gasteiger partial charge in [0, 0.05) is 70.0 Å². The molecule has 2 aliphatic heterocycles. The van der Waals surface area contributed by atoms with Crippen LogP contribution in [0, 0.1) is 0 Å². The Hall–Kier alpha value is -13.8. The van der Waals surface area contributed by atoms with Gasteiger partial charge in [0.2, 0.25) is 76.8 Å². The van der Waals surface area contributed by atoms with Crippen molar-refractivity contribution in [1.29, 1.82) is 0 Å². The highest BCUT2D eigenvalue weighted by Crippen LogP contribution is 2.27. The predicted molar refractivity (Wildman–Crippen MR) is 518 cm³/mol. The second kappa shape index (κ2) is 59.2. The number of carbonyl (C=O) groups excluding carboxylic acids is 14. The lowest BCUT2D eigenvalue weighted by atomic mass is 10.00. The van der Waals surface area contributed by atoms with E-state index < -0.39 is 191 Å². The zero-order valence-corrected chi connectivity index (χ0v) is 78.2. The number of guanidine groups is 4. The number of nitrogens with zero attached hydrogens (tertiary/aromatic N) is 5. The Morgan fingerprint density at radius 3 is 1.36 bits per heavy atom. The van der Waals surface area contributed by atoms with E-state index in [0.29, 0.717) is 29.4 Å². The van der Waals surface area contributed by atoms with Crippen LogP contribution < -0.4 is 138 Å². The molecule has 752 valence electrons. The summed E-state index contributed by atoms with van der Waals surface area (Å²) in [6, 6.07) is 0.113.